The highest BCUT2D eigenvalue weighted by Gasteiger charge is 2.50. The first-order chi connectivity index (χ1) is 5.38. The summed E-state index contributed by atoms with van der Waals surface area (Å²) in [4.78, 5) is 0. The Hall–Kier alpha value is -0.0800. The molecule has 3 aliphatic rings. The predicted molar refractivity (Wildman–Crippen MR) is 42.5 cm³/mol. The fourth-order valence-electron chi connectivity index (χ4n) is 2.74. The molecular weight excluding hydrogens is 138 g/mol. The summed E-state index contributed by atoms with van der Waals surface area (Å²) in [5.41, 5.74) is 0.324. The third-order valence-corrected chi connectivity index (χ3v) is 3.49. The van der Waals surface area contributed by atoms with E-state index in [0.717, 1.165) is 18.7 Å². The van der Waals surface area contributed by atoms with Crippen molar-refractivity contribution in [2.45, 2.75) is 49.8 Å². The van der Waals surface area contributed by atoms with Crippen molar-refractivity contribution in [3.63, 3.8) is 0 Å². The minimum Gasteiger partial charge on any atom is -0.375 e. The van der Waals surface area contributed by atoms with Crippen LogP contribution in [-0.2, 0) is 4.74 Å². The summed E-state index contributed by atoms with van der Waals surface area (Å²) in [6.07, 6.45) is 6.55. The summed E-state index contributed by atoms with van der Waals surface area (Å²) in [5, 5.41) is 3.50. The summed E-state index contributed by atoms with van der Waals surface area (Å²) < 4.78 is 5.84. The van der Waals surface area contributed by atoms with Crippen LogP contribution >= 0.6 is 0 Å². The molecule has 0 bridgehead atoms. The van der Waals surface area contributed by atoms with Gasteiger partial charge in [-0.25, -0.2) is 0 Å². The molecular formula is C9H15NO. The van der Waals surface area contributed by atoms with Crippen molar-refractivity contribution in [2.75, 3.05) is 6.61 Å². The number of rotatable bonds is 0. The van der Waals surface area contributed by atoms with E-state index in [1.54, 1.807) is 0 Å². The van der Waals surface area contributed by atoms with E-state index >= 15 is 0 Å². The van der Waals surface area contributed by atoms with Crippen molar-refractivity contribution in [1.82, 2.24) is 5.32 Å². The van der Waals surface area contributed by atoms with Crippen LogP contribution in [0.15, 0.2) is 0 Å². The molecule has 3 rings (SSSR count). The van der Waals surface area contributed by atoms with E-state index in [2.05, 4.69) is 5.32 Å². The Morgan fingerprint density at radius 2 is 2.27 bits per heavy atom. The molecule has 2 saturated heterocycles. The van der Waals surface area contributed by atoms with E-state index in [4.69, 9.17) is 4.74 Å². The molecule has 1 spiro atoms. The lowest BCUT2D eigenvalue weighted by molar-refractivity contribution is -0.0180. The van der Waals surface area contributed by atoms with Crippen LogP contribution in [0.1, 0.15) is 32.1 Å². The summed E-state index contributed by atoms with van der Waals surface area (Å²) in [5.74, 6) is 0. The summed E-state index contributed by atoms with van der Waals surface area (Å²) in [7, 11) is 0. The van der Waals surface area contributed by atoms with Crippen LogP contribution < -0.4 is 5.32 Å². The molecule has 0 amide bonds. The number of nitrogens with one attached hydrogen (secondary N) is 1. The molecule has 2 aliphatic heterocycles. The van der Waals surface area contributed by atoms with Crippen LogP contribution in [0.4, 0.5) is 0 Å². The van der Waals surface area contributed by atoms with Gasteiger partial charge in [0.1, 0.15) is 0 Å². The lowest BCUT2D eigenvalue weighted by Crippen LogP contribution is -2.33. The molecule has 3 atom stereocenters. The smallest absolute Gasteiger partial charge is 0.0699 e. The first kappa shape index (κ1) is 6.44. The van der Waals surface area contributed by atoms with Crippen LogP contribution in [0.5, 0.6) is 0 Å². The molecule has 0 aromatic rings. The summed E-state index contributed by atoms with van der Waals surface area (Å²) >= 11 is 0. The number of hydrogen-bond donors (Lipinski definition) is 1. The van der Waals surface area contributed by atoms with Crippen LogP contribution in [0.3, 0.4) is 0 Å². The quantitative estimate of drug-likeness (QED) is 0.527. The standard InChI is InChI=1S/C9H15NO/c1-3-9(11-5-1)4-2-7-8(6-9)10-7/h7-8,10H,1-6H2/t7-,8+,9+/m0/s1. The van der Waals surface area contributed by atoms with Gasteiger partial charge in [-0.15, -0.1) is 0 Å². The minimum absolute atomic E-state index is 0.324. The average molecular weight is 153 g/mol. The van der Waals surface area contributed by atoms with E-state index in [1.165, 1.54) is 32.1 Å². The Bertz CT molecular complexity index is 174. The number of hydrogen-bond acceptors (Lipinski definition) is 2. The van der Waals surface area contributed by atoms with Crippen molar-refractivity contribution in [3.05, 3.63) is 0 Å². The van der Waals surface area contributed by atoms with Crippen LogP contribution in [-0.4, -0.2) is 24.3 Å². The first-order valence-corrected chi connectivity index (χ1v) is 4.78. The Balaban J connectivity index is 1.76. The molecule has 1 aliphatic carbocycles. The molecule has 3 fully saturated rings. The highest BCUT2D eigenvalue weighted by Crippen LogP contribution is 2.43. The molecule has 11 heavy (non-hydrogen) atoms. The second-order valence-electron chi connectivity index (χ2n) is 4.26. The van der Waals surface area contributed by atoms with E-state index in [1.807, 2.05) is 0 Å². The summed E-state index contributed by atoms with van der Waals surface area (Å²) in [6.45, 7) is 1.01. The highest BCUT2D eigenvalue weighted by molar-refractivity contribution is 5.08. The number of fused-ring (bicyclic) bond motifs is 1. The molecule has 62 valence electrons. The van der Waals surface area contributed by atoms with Gasteiger partial charge in [-0.1, -0.05) is 0 Å². The van der Waals surface area contributed by atoms with E-state index in [9.17, 15) is 0 Å². The molecule has 1 saturated carbocycles. The normalized spacial score (nSPS) is 54.5. The van der Waals surface area contributed by atoms with Crippen molar-refractivity contribution < 1.29 is 4.74 Å². The zero-order valence-corrected chi connectivity index (χ0v) is 6.81. The maximum Gasteiger partial charge on any atom is 0.0699 e. The fraction of sp³-hybridized carbons (Fsp3) is 1.00. The molecule has 0 unspecified atom stereocenters. The Morgan fingerprint density at radius 1 is 1.27 bits per heavy atom. The monoisotopic (exact) mass is 153 g/mol. The van der Waals surface area contributed by atoms with Crippen LogP contribution in [0.2, 0.25) is 0 Å². The van der Waals surface area contributed by atoms with Gasteiger partial charge in [-0.05, 0) is 32.1 Å². The third kappa shape index (κ3) is 0.926. The van der Waals surface area contributed by atoms with Crippen LogP contribution in [0, 0.1) is 0 Å². The Morgan fingerprint density at radius 3 is 3.00 bits per heavy atom. The van der Waals surface area contributed by atoms with E-state index in [-0.39, 0.29) is 0 Å². The van der Waals surface area contributed by atoms with Gasteiger partial charge in [0.15, 0.2) is 0 Å². The SMILES string of the molecule is C1CO[C@]2(C1)CC[C@@H]1N[C@@H]1C2. The van der Waals surface area contributed by atoms with Crippen molar-refractivity contribution in [1.29, 1.82) is 0 Å². The van der Waals surface area contributed by atoms with Gasteiger partial charge in [0.25, 0.3) is 0 Å². The molecule has 1 N–H and O–H groups in total. The third-order valence-electron chi connectivity index (χ3n) is 3.49. The second-order valence-corrected chi connectivity index (χ2v) is 4.26. The maximum absolute atomic E-state index is 5.84. The van der Waals surface area contributed by atoms with Crippen LogP contribution in [0.25, 0.3) is 0 Å². The van der Waals surface area contributed by atoms with Crippen molar-refractivity contribution >= 4 is 0 Å². The predicted octanol–water partition coefficient (Wildman–Crippen LogP) is 1.06. The molecule has 0 aromatic carbocycles. The Kier molecular flexibility index (Phi) is 1.16. The molecule has 2 heterocycles. The van der Waals surface area contributed by atoms with Gasteiger partial charge in [0, 0.05) is 18.7 Å². The lowest BCUT2D eigenvalue weighted by Gasteiger charge is -2.30. The van der Waals surface area contributed by atoms with Gasteiger partial charge in [0.2, 0.25) is 0 Å². The van der Waals surface area contributed by atoms with Gasteiger partial charge in [0.05, 0.1) is 5.60 Å². The topological polar surface area (TPSA) is 31.2 Å². The minimum atomic E-state index is 0.324. The zero-order chi connectivity index (χ0) is 7.31. The van der Waals surface area contributed by atoms with Crippen molar-refractivity contribution in [3.8, 4) is 0 Å². The van der Waals surface area contributed by atoms with E-state index < -0.39 is 0 Å². The molecule has 2 nitrogen and oxygen atoms in total. The first-order valence-electron chi connectivity index (χ1n) is 4.78. The second kappa shape index (κ2) is 1.99. The van der Waals surface area contributed by atoms with Gasteiger partial charge < -0.3 is 10.1 Å². The fourth-order valence-corrected chi connectivity index (χ4v) is 2.74. The van der Waals surface area contributed by atoms with Gasteiger partial charge >= 0.3 is 0 Å². The van der Waals surface area contributed by atoms with Crippen molar-refractivity contribution in [2.24, 2.45) is 0 Å². The molecule has 0 aromatic heterocycles. The zero-order valence-electron chi connectivity index (χ0n) is 6.81. The molecule has 0 radical (unpaired) electrons. The lowest BCUT2D eigenvalue weighted by atomic mass is 9.83. The Labute approximate surface area is 67.3 Å². The number of ether oxygens (including phenoxy) is 1. The highest BCUT2D eigenvalue weighted by atomic mass is 16.5. The van der Waals surface area contributed by atoms with E-state index in [0.29, 0.717) is 5.60 Å². The average Bonchev–Trinajstić information content (AvgIpc) is 2.63. The summed E-state index contributed by atoms with van der Waals surface area (Å²) in [6, 6.07) is 1.69. The largest absolute Gasteiger partial charge is 0.375 e. The van der Waals surface area contributed by atoms with Gasteiger partial charge in [-0.2, -0.15) is 0 Å². The molecule has 2 heteroatoms. The maximum atomic E-state index is 5.84. The van der Waals surface area contributed by atoms with Gasteiger partial charge in [-0.3, -0.25) is 0 Å².